The highest BCUT2D eigenvalue weighted by Crippen LogP contribution is 2.43. The third-order valence-corrected chi connectivity index (χ3v) is 4.66. The van der Waals surface area contributed by atoms with Gasteiger partial charge in [-0.2, -0.15) is 0 Å². The lowest BCUT2D eigenvalue weighted by molar-refractivity contribution is 0.0172. The summed E-state index contributed by atoms with van der Waals surface area (Å²) in [5, 5.41) is 0. The Labute approximate surface area is 89.2 Å². The van der Waals surface area contributed by atoms with Crippen molar-refractivity contribution < 1.29 is 4.74 Å². The molecule has 0 saturated heterocycles. The van der Waals surface area contributed by atoms with Gasteiger partial charge in [0.1, 0.15) is 0 Å². The molecule has 0 heterocycles. The molecule has 1 fully saturated rings. The summed E-state index contributed by atoms with van der Waals surface area (Å²) in [6.45, 7) is 10.5. The summed E-state index contributed by atoms with van der Waals surface area (Å²) in [4.78, 5) is 0. The predicted molar refractivity (Wildman–Crippen MR) is 61.3 cm³/mol. The van der Waals surface area contributed by atoms with Crippen LogP contribution in [0.3, 0.4) is 0 Å². The fraction of sp³-hybridized carbons (Fsp3) is 1.00. The van der Waals surface area contributed by atoms with Gasteiger partial charge in [0.2, 0.25) is 0 Å². The van der Waals surface area contributed by atoms with Crippen LogP contribution in [0.15, 0.2) is 0 Å². The summed E-state index contributed by atoms with van der Waals surface area (Å²) in [6, 6.07) is 0. The molecule has 84 valence electrons. The topological polar surface area (TPSA) is 9.23 Å². The summed E-state index contributed by atoms with van der Waals surface area (Å²) in [7, 11) is 1.83. The molecule has 0 unspecified atom stereocenters. The molecular formula is C13H26O. The zero-order valence-electron chi connectivity index (χ0n) is 10.4. The second-order valence-electron chi connectivity index (χ2n) is 5.20. The molecule has 0 amide bonds. The van der Waals surface area contributed by atoms with E-state index in [-0.39, 0.29) is 0 Å². The third-order valence-electron chi connectivity index (χ3n) is 4.66. The molecule has 0 radical (unpaired) electrons. The fourth-order valence-corrected chi connectivity index (χ4v) is 3.13. The predicted octanol–water partition coefficient (Wildman–Crippen LogP) is 3.59. The van der Waals surface area contributed by atoms with Crippen molar-refractivity contribution >= 4 is 0 Å². The van der Waals surface area contributed by atoms with Crippen LogP contribution in [0.1, 0.15) is 40.5 Å². The lowest BCUT2D eigenvalue weighted by atomic mass is 9.63. The van der Waals surface area contributed by atoms with Gasteiger partial charge >= 0.3 is 0 Å². The van der Waals surface area contributed by atoms with Crippen LogP contribution < -0.4 is 0 Å². The van der Waals surface area contributed by atoms with Crippen LogP contribution >= 0.6 is 0 Å². The number of rotatable bonds is 3. The van der Waals surface area contributed by atoms with Crippen molar-refractivity contribution in [2.75, 3.05) is 13.7 Å². The molecule has 1 aliphatic rings. The number of ether oxygens (including phenoxy) is 1. The minimum absolute atomic E-state index is 0.788. The molecule has 0 aromatic rings. The van der Waals surface area contributed by atoms with Crippen molar-refractivity contribution in [2.24, 2.45) is 29.6 Å². The van der Waals surface area contributed by atoms with E-state index in [9.17, 15) is 0 Å². The monoisotopic (exact) mass is 198 g/mol. The molecule has 1 aliphatic carbocycles. The van der Waals surface area contributed by atoms with Gasteiger partial charge in [0.05, 0.1) is 0 Å². The van der Waals surface area contributed by atoms with Crippen molar-refractivity contribution in [2.45, 2.75) is 40.5 Å². The number of hydrogen-bond acceptors (Lipinski definition) is 1. The van der Waals surface area contributed by atoms with Gasteiger partial charge in [0.15, 0.2) is 0 Å². The standard InChI is InChI=1S/C13H26O/c1-6-12-7-13(8-14-5)11(4)9(2)10(12)3/h9-13H,6-8H2,1-5H3/t9-,10-,11+,12-,13+/m0/s1. The summed E-state index contributed by atoms with van der Waals surface area (Å²) < 4.78 is 5.33. The van der Waals surface area contributed by atoms with Gasteiger partial charge in [-0.25, -0.2) is 0 Å². The van der Waals surface area contributed by atoms with Gasteiger partial charge in [-0.3, -0.25) is 0 Å². The normalized spacial score (nSPS) is 43.9. The van der Waals surface area contributed by atoms with Crippen molar-refractivity contribution in [1.82, 2.24) is 0 Å². The Balaban J connectivity index is 2.63. The van der Waals surface area contributed by atoms with Crippen LogP contribution in [0, 0.1) is 29.6 Å². The molecule has 1 rings (SSSR count). The Bertz CT molecular complexity index is 163. The zero-order valence-corrected chi connectivity index (χ0v) is 10.4. The van der Waals surface area contributed by atoms with Gasteiger partial charge in [-0.15, -0.1) is 0 Å². The molecule has 0 aromatic heterocycles. The van der Waals surface area contributed by atoms with E-state index in [4.69, 9.17) is 4.74 Å². The highest BCUT2D eigenvalue weighted by molar-refractivity contribution is 4.85. The number of hydrogen-bond donors (Lipinski definition) is 0. The maximum absolute atomic E-state index is 5.33. The smallest absolute Gasteiger partial charge is 0.0493 e. The Morgan fingerprint density at radius 3 is 2.07 bits per heavy atom. The molecule has 0 bridgehead atoms. The first-order valence-corrected chi connectivity index (χ1v) is 6.10. The van der Waals surface area contributed by atoms with Crippen molar-refractivity contribution in [3.05, 3.63) is 0 Å². The summed E-state index contributed by atoms with van der Waals surface area (Å²) in [5.74, 6) is 4.28. The van der Waals surface area contributed by atoms with E-state index < -0.39 is 0 Å². The summed E-state index contributed by atoms with van der Waals surface area (Å²) >= 11 is 0. The molecule has 0 N–H and O–H groups in total. The summed E-state index contributed by atoms with van der Waals surface area (Å²) in [6.07, 6.45) is 2.70. The minimum atomic E-state index is 0.788. The van der Waals surface area contributed by atoms with E-state index in [0.717, 1.165) is 36.2 Å². The van der Waals surface area contributed by atoms with E-state index in [1.54, 1.807) is 0 Å². The Morgan fingerprint density at radius 1 is 1.00 bits per heavy atom. The molecule has 0 aliphatic heterocycles. The first kappa shape index (κ1) is 12.0. The maximum Gasteiger partial charge on any atom is 0.0493 e. The average molecular weight is 198 g/mol. The fourth-order valence-electron chi connectivity index (χ4n) is 3.13. The highest BCUT2D eigenvalue weighted by atomic mass is 16.5. The molecule has 0 aromatic carbocycles. The Hall–Kier alpha value is -0.0400. The summed E-state index contributed by atoms with van der Waals surface area (Å²) in [5.41, 5.74) is 0. The largest absolute Gasteiger partial charge is 0.384 e. The van der Waals surface area contributed by atoms with Crippen LogP contribution in [0.4, 0.5) is 0 Å². The first-order valence-electron chi connectivity index (χ1n) is 6.10. The van der Waals surface area contributed by atoms with E-state index in [1.807, 2.05) is 7.11 Å². The first-order chi connectivity index (χ1) is 6.61. The van der Waals surface area contributed by atoms with E-state index in [2.05, 4.69) is 27.7 Å². The highest BCUT2D eigenvalue weighted by Gasteiger charge is 2.36. The second kappa shape index (κ2) is 5.16. The second-order valence-corrected chi connectivity index (χ2v) is 5.20. The Morgan fingerprint density at radius 2 is 1.57 bits per heavy atom. The molecule has 1 nitrogen and oxygen atoms in total. The minimum Gasteiger partial charge on any atom is -0.384 e. The van der Waals surface area contributed by atoms with Crippen molar-refractivity contribution in [3.63, 3.8) is 0 Å². The van der Waals surface area contributed by atoms with Gasteiger partial charge in [-0.05, 0) is 36.0 Å². The molecular weight excluding hydrogens is 172 g/mol. The van der Waals surface area contributed by atoms with Crippen LogP contribution in [0.25, 0.3) is 0 Å². The van der Waals surface area contributed by atoms with E-state index in [0.29, 0.717) is 0 Å². The number of methoxy groups -OCH3 is 1. The molecule has 0 spiro atoms. The Kier molecular flexibility index (Phi) is 4.43. The third kappa shape index (κ3) is 2.31. The van der Waals surface area contributed by atoms with Crippen LogP contribution in [-0.2, 0) is 4.74 Å². The molecule has 5 atom stereocenters. The van der Waals surface area contributed by atoms with Crippen LogP contribution in [0.5, 0.6) is 0 Å². The maximum atomic E-state index is 5.33. The van der Waals surface area contributed by atoms with Gasteiger partial charge in [-0.1, -0.05) is 34.1 Å². The lowest BCUT2D eigenvalue weighted by Crippen LogP contribution is -2.37. The van der Waals surface area contributed by atoms with Crippen molar-refractivity contribution in [1.29, 1.82) is 0 Å². The van der Waals surface area contributed by atoms with E-state index >= 15 is 0 Å². The SMILES string of the molecule is CC[C@H]1C[C@H](COC)[C@H](C)[C@@H](C)[C@@H]1C. The van der Waals surface area contributed by atoms with Gasteiger partial charge < -0.3 is 4.74 Å². The van der Waals surface area contributed by atoms with Crippen molar-refractivity contribution in [3.8, 4) is 0 Å². The lowest BCUT2D eigenvalue weighted by Gasteiger charge is -2.43. The zero-order chi connectivity index (χ0) is 10.7. The van der Waals surface area contributed by atoms with Crippen LogP contribution in [-0.4, -0.2) is 13.7 Å². The van der Waals surface area contributed by atoms with Crippen LogP contribution in [0.2, 0.25) is 0 Å². The quantitative estimate of drug-likeness (QED) is 0.673. The molecule has 1 saturated carbocycles. The molecule has 1 heteroatoms. The van der Waals surface area contributed by atoms with E-state index in [1.165, 1.54) is 12.8 Å². The molecule has 14 heavy (non-hydrogen) atoms. The van der Waals surface area contributed by atoms with Gasteiger partial charge in [0.25, 0.3) is 0 Å². The average Bonchev–Trinajstić information content (AvgIpc) is 2.19. The van der Waals surface area contributed by atoms with Gasteiger partial charge in [0, 0.05) is 13.7 Å².